The standard InChI is InChI=1S/C47H50N2O6/c1-54-47-41(27-35-10-7-9-34-8-5-6-13-40(34)35)36(15-17-43(47)51)26-38(24-33-19-21-49-30-33)45(53)28-44(52)37(23-32-18-20-48-29-32)22-31-14-16-42(50)46(25-31)55-39-11-3-2-4-12-39/h5-10,13-21,25,29-30,37-39,45,50-51,53H,2-4,11-12,22-24,26-28H2,1H3. The molecule has 0 radical (unpaired) electrons. The molecule has 1 aliphatic carbocycles. The van der Waals surface area contributed by atoms with Gasteiger partial charge in [-0.05, 0) is 96.5 Å². The highest BCUT2D eigenvalue weighted by Crippen LogP contribution is 2.38. The lowest BCUT2D eigenvalue weighted by molar-refractivity contribution is -0.125. The number of benzene rings is 4. The Kier molecular flexibility index (Phi) is 12.2. The van der Waals surface area contributed by atoms with Gasteiger partial charge in [0.05, 0.1) is 25.4 Å². The molecule has 2 aliphatic rings. The number of hydrogen-bond acceptors (Lipinski definition) is 7. The summed E-state index contributed by atoms with van der Waals surface area (Å²) in [5, 5.41) is 35.9. The third kappa shape index (κ3) is 9.43. The number of phenols is 2. The molecule has 1 aliphatic heterocycles. The van der Waals surface area contributed by atoms with Gasteiger partial charge in [-0.25, -0.2) is 0 Å². The molecule has 3 atom stereocenters. The van der Waals surface area contributed by atoms with Crippen molar-refractivity contribution in [1.82, 2.24) is 4.98 Å². The number of methoxy groups -OCH3 is 1. The van der Waals surface area contributed by atoms with Gasteiger partial charge in [0.25, 0.3) is 0 Å². The first-order valence-corrected chi connectivity index (χ1v) is 19.5. The van der Waals surface area contributed by atoms with Crippen molar-refractivity contribution >= 4 is 22.8 Å². The molecule has 3 unspecified atom stereocenters. The zero-order valence-corrected chi connectivity index (χ0v) is 31.4. The Labute approximate surface area is 323 Å². The molecule has 8 heteroatoms. The van der Waals surface area contributed by atoms with Crippen molar-refractivity contribution in [3.8, 4) is 23.0 Å². The number of aliphatic imine (C=N–C) groups is 1. The van der Waals surface area contributed by atoms with Crippen LogP contribution in [0.15, 0.2) is 108 Å². The zero-order valence-electron chi connectivity index (χ0n) is 31.4. The number of aromatic nitrogens is 1. The summed E-state index contributed by atoms with van der Waals surface area (Å²) in [5.41, 5.74) is 5.72. The first kappa shape index (κ1) is 37.8. The quantitative estimate of drug-likeness (QED) is 0.0817. The molecule has 4 aromatic carbocycles. The molecule has 8 nitrogen and oxygen atoms in total. The molecule has 3 N–H and O–H groups in total. The minimum Gasteiger partial charge on any atom is -0.670 e. The summed E-state index contributed by atoms with van der Waals surface area (Å²) in [6.45, 7) is 1.73. The number of phenolic OH excluding ortho intramolecular Hbond substituents is 2. The Morgan fingerprint density at radius 3 is 2.49 bits per heavy atom. The van der Waals surface area contributed by atoms with E-state index in [1.807, 2.05) is 48.5 Å². The maximum absolute atomic E-state index is 14.4. The molecule has 1 aromatic heterocycles. The van der Waals surface area contributed by atoms with Gasteiger partial charge in [0.15, 0.2) is 29.2 Å². The molecule has 0 spiro atoms. The third-order valence-electron chi connectivity index (χ3n) is 11.2. The van der Waals surface area contributed by atoms with Gasteiger partial charge in [-0.15, -0.1) is 4.99 Å². The number of aliphatic hydroxyl groups excluding tert-OH is 1. The van der Waals surface area contributed by atoms with Gasteiger partial charge in [0, 0.05) is 30.7 Å². The summed E-state index contributed by atoms with van der Waals surface area (Å²) < 4.78 is 12.1. The van der Waals surface area contributed by atoms with Crippen LogP contribution in [0.25, 0.3) is 10.8 Å². The van der Waals surface area contributed by atoms with E-state index in [1.54, 1.807) is 44.4 Å². The minimum absolute atomic E-state index is 0.0327. The van der Waals surface area contributed by atoms with E-state index in [0.29, 0.717) is 43.6 Å². The van der Waals surface area contributed by atoms with Crippen LogP contribution in [0.1, 0.15) is 72.8 Å². The van der Waals surface area contributed by atoms with Crippen molar-refractivity contribution in [2.75, 3.05) is 7.11 Å². The number of allylic oxidation sites excluding steroid dienone is 1. The fourth-order valence-electron chi connectivity index (χ4n) is 8.27. The highest BCUT2D eigenvalue weighted by Gasteiger charge is 2.31. The molecule has 0 amide bonds. The van der Waals surface area contributed by atoms with Crippen molar-refractivity contribution in [2.24, 2.45) is 16.8 Å². The van der Waals surface area contributed by atoms with Crippen molar-refractivity contribution in [3.05, 3.63) is 137 Å². The van der Waals surface area contributed by atoms with Crippen molar-refractivity contribution in [2.45, 2.75) is 82.8 Å². The zero-order chi connectivity index (χ0) is 38.1. The van der Waals surface area contributed by atoms with Crippen LogP contribution in [0, 0.1) is 18.4 Å². The second kappa shape index (κ2) is 17.8. The summed E-state index contributed by atoms with van der Waals surface area (Å²) >= 11 is 0. The summed E-state index contributed by atoms with van der Waals surface area (Å²) in [5.74, 6) is 0.221. The third-order valence-corrected chi connectivity index (χ3v) is 11.2. The monoisotopic (exact) mass is 738 g/mol. The number of aromatic hydroxyl groups is 2. The SMILES string of the molecule is COc1c(O)ccc(CC(Cc2cc[n-]c2)C(O)CC(=O)C(CC2=C[CH+]N=C2)Cc2ccc(O)c(OC3CCCCC3)c2)c1Cc1cccc2ccccc12. The number of carbonyl (C=O) groups excluding carboxylic acids is 1. The normalized spacial score (nSPS) is 16.0. The number of nitrogens with zero attached hydrogens (tertiary/aromatic N) is 2. The number of ketones is 1. The molecule has 1 saturated carbocycles. The molecular formula is C47H50N2O6. The highest BCUT2D eigenvalue weighted by atomic mass is 16.5. The molecule has 7 rings (SSSR count). The number of ether oxygens (including phenoxy) is 2. The van der Waals surface area contributed by atoms with Crippen LogP contribution in [0.2, 0.25) is 0 Å². The average Bonchev–Trinajstić information content (AvgIpc) is 3.92. The van der Waals surface area contributed by atoms with Gasteiger partial charge >= 0.3 is 0 Å². The lowest BCUT2D eigenvalue weighted by atomic mass is 9.81. The van der Waals surface area contributed by atoms with E-state index in [4.69, 9.17) is 9.47 Å². The lowest BCUT2D eigenvalue weighted by Gasteiger charge is -2.26. The lowest BCUT2D eigenvalue weighted by Crippen LogP contribution is -2.31. The Morgan fingerprint density at radius 1 is 0.891 bits per heavy atom. The van der Waals surface area contributed by atoms with Gasteiger partial charge in [-0.1, -0.05) is 72.6 Å². The van der Waals surface area contributed by atoms with E-state index >= 15 is 0 Å². The number of hydrogen-bond donors (Lipinski definition) is 3. The number of fused-ring (bicyclic) bond motifs is 1. The fraction of sp³-hybridized carbons (Fsp3) is 0.340. The maximum atomic E-state index is 14.4. The number of carbonyl (C=O) groups is 1. The summed E-state index contributed by atoms with van der Waals surface area (Å²) in [6, 6.07) is 25.3. The van der Waals surface area contributed by atoms with Gasteiger partial charge in [0.1, 0.15) is 17.9 Å². The summed E-state index contributed by atoms with van der Waals surface area (Å²) in [6.07, 6.45) is 14.1. The van der Waals surface area contributed by atoms with Crippen molar-refractivity contribution in [1.29, 1.82) is 0 Å². The van der Waals surface area contributed by atoms with Crippen LogP contribution in [-0.2, 0) is 30.5 Å². The summed E-state index contributed by atoms with van der Waals surface area (Å²) in [7, 11) is 1.56. The van der Waals surface area contributed by atoms with Crippen LogP contribution in [-0.4, -0.2) is 46.6 Å². The van der Waals surface area contributed by atoms with Gasteiger partial charge in [-0.2, -0.15) is 12.4 Å². The first-order chi connectivity index (χ1) is 26.8. The van der Waals surface area contributed by atoms with Gasteiger partial charge in [-0.3, -0.25) is 4.79 Å². The van der Waals surface area contributed by atoms with Crippen molar-refractivity contribution < 1.29 is 29.6 Å². The van der Waals surface area contributed by atoms with Gasteiger partial charge < -0.3 is 29.8 Å². The van der Waals surface area contributed by atoms with E-state index in [1.165, 1.54) is 6.42 Å². The van der Waals surface area contributed by atoms with Crippen LogP contribution >= 0.6 is 0 Å². The Hall–Kier alpha value is -5.47. The second-order valence-corrected chi connectivity index (χ2v) is 15.1. The Bertz CT molecular complexity index is 2130. The molecule has 5 aromatic rings. The second-order valence-electron chi connectivity index (χ2n) is 15.1. The van der Waals surface area contributed by atoms with Crippen LogP contribution in [0.3, 0.4) is 0 Å². The average molecular weight is 739 g/mol. The topological polar surface area (TPSA) is 123 Å². The first-order valence-electron chi connectivity index (χ1n) is 19.5. The number of Topliss-reactive ketones (excluding diaryl/α,β-unsaturated/α-hetero) is 1. The Balaban J connectivity index is 1.14. The number of rotatable bonds is 17. The van der Waals surface area contributed by atoms with Crippen LogP contribution in [0.4, 0.5) is 0 Å². The van der Waals surface area contributed by atoms with E-state index in [9.17, 15) is 20.1 Å². The molecule has 0 bridgehead atoms. The molecule has 0 saturated heterocycles. The van der Waals surface area contributed by atoms with E-state index in [2.05, 4.69) is 34.2 Å². The van der Waals surface area contributed by atoms with Crippen LogP contribution < -0.4 is 14.5 Å². The fourth-order valence-corrected chi connectivity index (χ4v) is 8.27. The smallest absolute Gasteiger partial charge is 0.176 e. The predicted octanol–water partition coefficient (Wildman–Crippen LogP) is 8.66. The summed E-state index contributed by atoms with van der Waals surface area (Å²) in [4.78, 5) is 22.9. The molecule has 1 fully saturated rings. The largest absolute Gasteiger partial charge is 0.670 e. The molecule has 284 valence electrons. The molecular weight excluding hydrogens is 689 g/mol. The van der Waals surface area contributed by atoms with Gasteiger partial charge in [0.2, 0.25) is 0 Å². The Morgan fingerprint density at radius 2 is 1.71 bits per heavy atom. The van der Waals surface area contributed by atoms with E-state index in [0.717, 1.165) is 69.8 Å². The predicted molar refractivity (Wildman–Crippen MR) is 216 cm³/mol. The van der Waals surface area contributed by atoms with E-state index in [-0.39, 0.29) is 35.7 Å². The molecule has 2 heterocycles. The van der Waals surface area contributed by atoms with Crippen LogP contribution in [0.5, 0.6) is 23.0 Å². The van der Waals surface area contributed by atoms with Crippen molar-refractivity contribution in [3.63, 3.8) is 0 Å². The minimum atomic E-state index is -0.960. The maximum Gasteiger partial charge on any atom is 0.176 e. The number of aliphatic hydroxyl groups is 1. The molecule has 55 heavy (non-hydrogen) atoms. The highest BCUT2D eigenvalue weighted by molar-refractivity contribution is 5.87. The van der Waals surface area contributed by atoms with E-state index < -0.39 is 12.0 Å².